The molecule has 1 aliphatic rings. The number of rotatable bonds is 4. The number of nitrogens with zero attached hydrogens (tertiary/aromatic N) is 5. The van der Waals surface area contributed by atoms with Gasteiger partial charge in [0.2, 0.25) is 5.89 Å². The molecule has 3 aromatic rings. The standard InChI is InChI=1S/C16H17N5O3S/c1-3-10-7-11(20-24-10)16(22)21-6-4-5-12(21)14-18-19-15(23-14)13-9(2)17-8-25-13/h7-8,12H,3-6H2,1-2H3. The highest BCUT2D eigenvalue weighted by atomic mass is 32.1. The van der Waals surface area contributed by atoms with E-state index in [1.807, 2.05) is 13.8 Å². The Morgan fingerprint density at radius 1 is 1.44 bits per heavy atom. The van der Waals surface area contributed by atoms with Crippen LogP contribution in [0.3, 0.4) is 0 Å². The smallest absolute Gasteiger partial charge is 0.276 e. The Kier molecular flexibility index (Phi) is 4.08. The molecule has 0 spiro atoms. The molecule has 1 saturated heterocycles. The Morgan fingerprint density at radius 3 is 3.04 bits per heavy atom. The van der Waals surface area contributed by atoms with Crippen molar-refractivity contribution in [3.05, 3.63) is 34.6 Å². The monoisotopic (exact) mass is 359 g/mol. The third kappa shape index (κ3) is 2.84. The van der Waals surface area contributed by atoms with E-state index in [0.717, 1.165) is 23.4 Å². The summed E-state index contributed by atoms with van der Waals surface area (Å²) in [5.74, 6) is 1.43. The second kappa shape index (κ2) is 6.40. The van der Waals surface area contributed by atoms with E-state index in [2.05, 4.69) is 20.3 Å². The molecule has 130 valence electrons. The number of thiazole rings is 1. The molecular formula is C16H17N5O3S. The topological polar surface area (TPSA) is 98.2 Å². The fourth-order valence-electron chi connectivity index (χ4n) is 2.96. The molecule has 1 atom stereocenters. The molecule has 1 unspecified atom stereocenters. The average Bonchev–Trinajstić information content (AvgIpc) is 3.38. The first kappa shape index (κ1) is 15.9. The summed E-state index contributed by atoms with van der Waals surface area (Å²) in [4.78, 5) is 19.5. The molecule has 25 heavy (non-hydrogen) atoms. The molecule has 8 nitrogen and oxygen atoms in total. The van der Waals surface area contributed by atoms with E-state index in [-0.39, 0.29) is 11.9 Å². The zero-order chi connectivity index (χ0) is 17.4. The van der Waals surface area contributed by atoms with Gasteiger partial charge < -0.3 is 13.8 Å². The van der Waals surface area contributed by atoms with Crippen LogP contribution in [0, 0.1) is 6.92 Å². The lowest BCUT2D eigenvalue weighted by molar-refractivity contribution is 0.0705. The molecule has 0 saturated carbocycles. The van der Waals surface area contributed by atoms with Crippen molar-refractivity contribution in [2.24, 2.45) is 0 Å². The second-order valence-corrected chi connectivity index (χ2v) is 6.76. The van der Waals surface area contributed by atoms with Crippen LogP contribution in [0.1, 0.15) is 53.6 Å². The van der Waals surface area contributed by atoms with Gasteiger partial charge in [0.1, 0.15) is 16.7 Å². The summed E-state index contributed by atoms with van der Waals surface area (Å²) in [6, 6.07) is 1.46. The molecule has 0 N–H and O–H groups in total. The Bertz CT molecular complexity index is 899. The highest BCUT2D eigenvalue weighted by Crippen LogP contribution is 2.34. The number of carbonyl (C=O) groups excluding carboxylic acids is 1. The molecule has 1 fully saturated rings. The van der Waals surface area contributed by atoms with Crippen LogP contribution in [0.2, 0.25) is 0 Å². The summed E-state index contributed by atoms with van der Waals surface area (Å²) >= 11 is 1.46. The van der Waals surface area contributed by atoms with Gasteiger partial charge in [-0.1, -0.05) is 12.1 Å². The van der Waals surface area contributed by atoms with E-state index < -0.39 is 0 Å². The van der Waals surface area contributed by atoms with Crippen molar-refractivity contribution >= 4 is 17.2 Å². The van der Waals surface area contributed by atoms with Crippen molar-refractivity contribution < 1.29 is 13.7 Å². The molecule has 0 aromatic carbocycles. The highest BCUT2D eigenvalue weighted by Gasteiger charge is 2.35. The first-order chi connectivity index (χ1) is 12.2. The van der Waals surface area contributed by atoms with Crippen LogP contribution < -0.4 is 0 Å². The van der Waals surface area contributed by atoms with Crippen molar-refractivity contribution in [1.82, 2.24) is 25.2 Å². The number of aromatic nitrogens is 4. The Morgan fingerprint density at radius 2 is 2.32 bits per heavy atom. The maximum atomic E-state index is 12.8. The van der Waals surface area contributed by atoms with Gasteiger partial charge in [0.05, 0.1) is 11.2 Å². The number of hydrogen-bond donors (Lipinski definition) is 0. The Labute approximate surface area is 147 Å². The molecule has 4 heterocycles. The number of hydrogen-bond acceptors (Lipinski definition) is 8. The molecule has 9 heteroatoms. The zero-order valence-corrected chi connectivity index (χ0v) is 14.7. The molecule has 1 amide bonds. The van der Waals surface area contributed by atoms with Gasteiger partial charge in [-0.2, -0.15) is 0 Å². The van der Waals surface area contributed by atoms with E-state index in [9.17, 15) is 4.79 Å². The maximum Gasteiger partial charge on any atom is 0.276 e. The Balaban J connectivity index is 1.58. The van der Waals surface area contributed by atoms with Crippen molar-refractivity contribution in [2.45, 2.75) is 39.2 Å². The summed E-state index contributed by atoms with van der Waals surface area (Å²) < 4.78 is 11.0. The van der Waals surface area contributed by atoms with Gasteiger partial charge in [0, 0.05) is 19.0 Å². The summed E-state index contributed by atoms with van der Waals surface area (Å²) in [5, 5.41) is 12.2. The summed E-state index contributed by atoms with van der Waals surface area (Å²) in [6.07, 6.45) is 2.37. The normalized spacial score (nSPS) is 17.4. The zero-order valence-electron chi connectivity index (χ0n) is 13.9. The molecule has 0 radical (unpaired) electrons. The van der Waals surface area contributed by atoms with E-state index in [0.29, 0.717) is 36.2 Å². The minimum Gasteiger partial charge on any atom is -0.418 e. The number of amides is 1. The van der Waals surface area contributed by atoms with Gasteiger partial charge in [-0.05, 0) is 19.8 Å². The van der Waals surface area contributed by atoms with E-state index in [4.69, 9.17) is 8.94 Å². The minimum absolute atomic E-state index is 0.167. The van der Waals surface area contributed by atoms with E-state index >= 15 is 0 Å². The average molecular weight is 359 g/mol. The van der Waals surface area contributed by atoms with Crippen LogP contribution in [0.25, 0.3) is 10.8 Å². The quantitative estimate of drug-likeness (QED) is 0.706. The molecule has 0 aliphatic carbocycles. The van der Waals surface area contributed by atoms with Gasteiger partial charge in [-0.15, -0.1) is 21.5 Å². The lowest BCUT2D eigenvalue weighted by atomic mass is 10.2. The first-order valence-corrected chi connectivity index (χ1v) is 9.05. The van der Waals surface area contributed by atoms with Gasteiger partial charge in [-0.25, -0.2) is 4.98 Å². The molecule has 3 aromatic heterocycles. The van der Waals surface area contributed by atoms with Gasteiger partial charge in [0.25, 0.3) is 11.8 Å². The molecule has 0 bridgehead atoms. The van der Waals surface area contributed by atoms with Gasteiger partial charge >= 0.3 is 0 Å². The van der Waals surface area contributed by atoms with Crippen molar-refractivity contribution in [3.63, 3.8) is 0 Å². The lowest BCUT2D eigenvalue weighted by Gasteiger charge is -2.20. The first-order valence-electron chi connectivity index (χ1n) is 8.17. The van der Waals surface area contributed by atoms with Crippen LogP contribution in [-0.2, 0) is 6.42 Å². The lowest BCUT2D eigenvalue weighted by Crippen LogP contribution is -2.31. The fourth-order valence-corrected chi connectivity index (χ4v) is 3.69. The number of carbonyl (C=O) groups is 1. The van der Waals surface area contributed by atoms with E-state index in [1.54, 1.807) is 16.5 Å². The van der Waals surface area contributed by atoms with Crippen LogP contribution >= 0.6 is 11.3 Å². The minimum atomic E-state index is -0.233. The van der Waals surface area contributed by atoms with Crippen molar-refractivity contribution in [3.8, 4) is 10.8 Å². The van der Waals surface area contributed by atoms with Crippen LogP contribution in [0.5, 0.6) is 0 Å². The van der Waals surface area contributed by atoms with Crippen molar-refractivity contribution in [1.29, 1.82) is 0 Å². The number of likely N-dealkylation sites (tertiary alicyclic amines) is 1. The van der Waals surface area contributed by atoms with Gasteiger partial charge in [-0.3, -0.25) is 4.79 Å². The number of aryl methyl sites for hydroxylation is 2. The third-order valence-electron chi connectivity index (χ3n) is 4.31. The van der Waals surface area contributed by atoms with E-state index in [1.165, 1.54) is 11.3 Å². The summed E-state index contributed by atoms with van der Waals surface area (Å²) in [5.41, 5.74) is 2.92. The van der Waals surface area contributed by atoms with Crippen molar-refractivity contribution in [2.75, 3.05) is 6.54 Å². The second-order valence-electron chi connectivity index (χ2n) is 5.90. The maximum absolute atomic E-state index is 12.8. The predicted octanol–water partition coefficient (Wildman–Crippen LogP) is 3.03. The largest absolute Gasteiger partial charge is 0.418 e. The SMILES string of the molecule is CCc1cc(C(=O)N2CCCC2c2nnc(-c3scnc3C)o2)no1. The van der Waals surface area contributed by atoms with Crippen LogP contribution in [0.15, 0.2) is 20.5 Å². The molecular weight excluding hydrogens is 342 g/mol. The molecule has 1 aliphatic heterocycles. The summed E-state index contributed by atoms with van der Waals surface area (Å²) in [6.45, 7) is 4.49. The third-order valence-corrected chi connectivity index (χ3v) is 5.22. The fraction of sp³-hybridized carbons (Fsp3) is 0.438. The summed E-state index contributed by atoms with van der Waals surface area (Å²) in [7, 11) is 0. The predicted molar refractivity (Wildman–Crippen MR) is 89.0 cm³/mol. The molecule has 4 rings (SSSR count). The van der Waals surface area contributed by atoms with Crippen LogP contribution in [0.4, 0.5) is 0 Å². The van der Waals surface area contributed by atoms with Crippen LogP contribution in [-0.4, -0.2) is 37.7 Å². The van der Waals surface area contributed by atoms with Gasteiger partial charge in [0.15, 0.2) is 5.69 Å². The highest BCUT2D eigenvalue weighted by molar-refractivity contribution is 7.13. The Hall–Kier alpha value is -2.55.